The molecule has 0 aromatic carbocycles. The zero-order valence-corrected chi connectivity index (χ0v) is 5.92. The molecular weight excluding hydrogens is 159 g/mol. The van der Waals surface area contributed by atoms with Crippen molar-refractivity contribution in [2.75, 3.05) is 6.67 Å². The van der Waals surface area contributed by atoms with Crippen LogP contribution < -0.4 is 0 Å². The normalized spacial score (nSPS) is 48.0. The molecule has 0 saturated heterocycles. The fraction of sp³-hybridized carbons (Fsp3) is 1.00. The van der Waals surface area contributed by atoms with Crippen LogP contribution in [0.25, 0.3) is 0 Å². The minimum atomic E-state index is -4.71. The average molecular weight is 167 g/mol. The summed E-state index contributed by atoms with van der Waals surface area (Å²) in [7, 11) is 0. The first-order valence-electron chi connectivity index (χ1n) is 3.69. The summed E-state index contributed by atoms with van der Waals surface area (Å²) in [4.78, 5) is 0. The summed E-state index contributed by atoms with van der Waals surface area (Å²) in [5.74, 6) is 0. The molecule has 0 amide bonds. The lowest BCUT2D eigenvalue weighted by Gasteiger charge is -2.74. The first-order valence-corrected chi connectivity index (χ1v) is 3.69. The molecule has 64 valence electrons. The van der Waals surface area contributed by atoms with Crippen LogP contribution in [0.1, 0.15) is 19.3 Å². The van der Waals surface area contributed by atoms with E-state index in [9.17, 15) is 17.3 Å². The smallest absolute Gasteiger partial charge is 0.449 e. The van der Waals surface area contributed by atoms with E-state index >= 15 is 0 Å². The number of halogens is 4. The summed E-state index contributed by atoms with van der Waals surface area (Å²) in [5.41, 5.74) is -0.544. The Kier molecular flexibility index (Phi) is 1.08. The van der Waals surface area contributed by atoms with Gasteiger partial charge in [-0.1, -0.05) is 24.6 Å². The van der Waals surface area contributed by atoms with Crippen molar-refractivity contribution < 1.29 is 17.3 Å². The lowest BCUT2D eigenvalue weighted by atomic mass is 9.24. The standard InChI is InChI=1S/C6H8BF4/c8-4-5-1-6(2-5,3-5)7(9,10)11/h1-4H2/q-1. The number of hydrogen-bond donors (Lipinski definition) is 0. The Balaban J connectivity index is 2.04. The minimum Gasteiger partial charge on any atom is -0.449 e. The summed E-state index contributed by atoms with van der Waals surface area (Å²) in [6.07, 6.45) is 0.167. The van der Waals surface area contributed by atoms with E-state index in [-0.39, 0.29) is 19.3 Å². The molecule has 2 bridgehead atoms. The maximum absolute atomic E-state index is 12.2. The lowest BCUT2D eigenvalue weighted by Crippen LogP contribution is -2.65. The summed E-state index contributed by atoms with van der Waals surface area (Å²) in [6, 6.07) is 0. The molecule has 0 N–H and O–H groups in total. The quantitative estimate of drug-likeness (QED) is 0.438. The molecule has 0 atom stereocenters. The fourth-order valence-corrected chi connectivity index (χ4v) is 2.57. The fourth-order valence-electron chi connectivity index (χ4n) is 2.57. The third-order valence-corrected chi connectivity index (χ3v) is 3.16. The van der Waals surface area contributed by atoms with Crippen molar-refractivity contribution in [2.45, 2.75) is 24.6 Å². The van der Waals surface area contributed by atoms with Crippen LogP contribution in [-0.4, -0.2) is 13.7 Å². The summed E-state index contributed by atoms with van der Waals surface area (Å²) >= 11 is 0. The Morgan fingerprint density at radius 3 is 1.82 bits per heavy atom. The molecule has 3 saturated carbocycles. The highest BCUT2D eigenvalue weighted by Gasteiger charge is 2.73. The molecule has 3 aliphatic carbocycles. The van der Waals surface area contributed by atoms with E-state index < -0.39 is 24.4 Å². The van der Waals surface area contributed by atoms with Crippen molar-refractivity contribution >= 4 is 6.98 Å². The van der Waals surface area contributed by atoms with E-state index in [1.165, 1.54) is 0 Å². The van der Waals surface area contributed by atoms with E-state index in [4.69, 9.17) is 0 Å². The Morgan fingerprint density at radius 1 is 1.09 bits per heavy atom. The first-order chi connectivity index (χ1) is 4.93. The van der Waals surface area contributed by atoms with E-state index in [0.29, 0.717) is 0 Å². The van der Waals surface area contributed by atoms with Crippen LogP contribution in [0.2, 0.25) is 5.31 Å². The third-order valence-electron chi connectivity index (χ3n) is 3.16. The van der Waals surface area contributed by atoms with Crippen LogP contribution in [-0.2, 0) is 0 Å². The predicted octanol–water partition coefficient (Wildman–Crippen LogP) is 2.73. The van der Waals surface area contributed by atoms with Crippen molar-refractivity contribution in [1.29, 1.82) is 0 Å². The average Bonchev–Trinajstić information content (AvgIpc) is 1.53. The van der Waals surface area contributed by atoms with Gasteiger partial charge in [0.1, 0.15) is 0 Å². The second-order valence-corrected chi connectivity index (χ2v) is 4.10. The van der Waals surface area contributed by atoms with Crippen molar-refractivity contribution in [3.05, 3.63) is 0 Å². The minimum absolute atomic E-state index is 0.0556. The van der Waals surface area contributed by atoms with E-state index in [2.05, 4.69) is 0 Å². The predicted molar refractivity (Wildman–Crippen MR) is 34.0 cm³/mol. The van der Waals surface area contributed by atoms with Gasteiger partial charge in [-0.3, -0.25) is 4.39 Å². The molecule has 3 rings (SSSR count). The Hall–Kier alpha value is -0.215. The first kappa shape index (κ1) is 7.43. The van der Waals surface area contributed by atoms with Gasteiger partial charge in [-0.05, 0) is 5.41 Å². The largest absolute Gasteiger partial charge is 0.484 e. The lowest BCUT2D eigenvalue weighted by molar-refractivity contribution is -0.125. The summed E-state index contributed by atoms with van der Waals surface area (Å²) in [6.45, 7) is -5.28. The molecule has 0 nitrogen and oxygen atoms in total. The molecule has 0 aromatic heterocycles. The molecule has 0 aromatic rings. The van der Waals surface area contributed by atoms with Gasteiger partial charge in [-0.15, -0.1) is 0 Å². The van der Waals surface area contributed by atoms with Gasteiger partial charge < -0.3 is 12.9 Å². The second kappa shape index (κ2) is 1.59. The van der Waals surface area contributed by atoms with Gasteiger partial charge in [0, 0.05) is 0 Å². The van der Waals surface area contributed by atoms with Crippen molar-refractivity contribution in [1.82, 2.24) is 0 Å². The maximum Gasteiger partial charge on any atom is 0.484 e. The number of alkyl halides is 1. The zero-order chi connectivity index (χ0) is 8.33. The molecule has 3 fully saturated rings. The highest BCUT2D eigenvalue weighted by molar-refractivity contribution is 6.63. The van der Waals surface area contributed by atoms with Gasteiger partial charge in [0.05, 0.1) is 6.67 Å². The van der Waals surface area contributed by atoms with Gasteiger partial charge in [0.25, 0.3) is 0 Å². The van der Waals surface area contributed by atoms with Crippen molar-refractivity contribution in [3.63, 3.8) is 0 Å². The van der Waals surface area contributed by atoms with Crippen LogP contribution in [0.15, 0.2) is 0 Å². The topological polar surface area (TPSA) is 0 Å². The highest BCUT2D eigenvalue weighted by atomic mass is 19.4. The third kappa shape index (κ3) is 0.668. The monoisotopic (exact) mass is 167 g/mol. The Labute approximate surface area is 62.0 Å². The second-order valence-electron chi connectivity index (χ2n) is 4.10. The van der Waals surface area contributed by atoms with Gasteiger partial charge >= 0.3 is 6.98 Å². The molecule has 11 heavy (non-hydrogen) atoms. The molecular formula is C6H8BF4-. The van der Waals surface area contributed by atoms with Gasteiger partial charge in [0.2, 0.25) is 0 Å². The van der Waals surface area contributed by atoms with Gasteiger partial charge in [-0.2, -0.15) is 0 Å². The Morgan fingerprint density at radius 2 is 1.55 bits per heavy atom. The van der Waals surface area contributed by atoms with Crippen LogP contribution in [0.4, 0.5) is 17.3 Å². The summed E-state index contributed by atoms with van der Waals surface area (Å²) < 4.78 is 48.6. The van der Waals surface area contributed by atoms with Gasteiger partial charge in [0.15, 0.2) is 0 Å². The van der Waals surface area contributed by atoms with Crippen LogP contribution in [0.3, 0.4) is 0 Å². The molecule has 0 heterocycles. The highest BCUT2D eigenvalue weighted by Crippen LogP contribution is 2.82. The Bertz CT molecular complexity index is 177. The zero-order valence-electron chi connectivity index (χ0n) is 5.92. The van der Waals surface area contributed by atoms with E-state index in [1.807, 2.05) is 0 Å². The molecule has 0 radical (unpaired) electrons. The number of hydrogen-bond acceptors (Lipinski definition) is 0. The number of rotatable bonds is 2. The van der Waals surface area contributed by atoms with Gasteiger partial charge in [-0.25, -0.2) is 0 Å². The molecule has 5 heteroatoms. The van der Waals surface area contributed by atoms with Crippen molar-refractivity contribution in [2.24, 2.45) is 5.41 Å². The van der Waals surface area contributed by atoms with Crippen LogP contribution >= 0.6 is 0 Å². The van der Waals surface area contributed by atoms with E-state index in [1.54, 1.807) is 0 Å². The van der Waals surface area contributed by atoms with Crippen LogP contribution in [0.5, 0.6) is 0 Å². The van der Waals surface area contributed by atoms with Crippen molar-refractivity contribution in [3.8, 4) is 0 Å². The van der Waals surface area contributed by atoms with Crippen LogP contribution in [0, 0.1) is 5.41 Å². The molecule has 3 aliphatic rings. The van der Waals surface area contributed by atoms with E-state index in [0.717, 1.165) is 0 Å². The molecule has 0 unspecified atom stereocenters. The SMILES string of the molecule is FCC12CC([B-](F)(F)F)(C1)C2. The summed E-state index contributed by atoms with van der Waals surface area (Å²) in [5, 5.41) is -1.41. The molecule has 0 spiro atoms. The molecule has 0 aliphatic heterocycles. The maximum atomic E-state index is 12.2.